The lowest BCUT2D eigenvalue weighted by atomic mass is 10.0. The van der Waals surface area contributed by atoms with Gasteiger partial charge in [-0.1, -0.05) is 24.3 Å². The zero-order valence-corrected chi connectivity index (χ0v) is 20.2. The van der Waals surface area contributed by atoms with E-state index < -0.39 is 29.4 Å². The summed E-state index contributed by atoms with van der Waals surface area (Å²) in [5.74, 6) is -2.43. The summed E-state index contributed by atoms with van der Waals surface area (Å²) in [6, 6.07) is 16.7. The molecule has 0 aliphatic carbocycles. The van der Waals surface area contributed by atoms with Crippen molar-refractivity contribution in [1.29, 1.82) is 0 Å². The SMILES string of the molecule is COc1ccc(/C=C2\C(=O)NC(=S)N(c3cccc(F)c3)C2=O)cc1CN1C(=O)c2ccccc2C1=O. The highest BCUT2D eigenvalue weighted by Crippen LogP contribution is 2.29. The maximum Gasteiger partial charge on any atom is 0.270 e. The van der Waals surface area contributed by atoms with Crippen LogP contribution in [0.1, 0.15) is 31.8 Å². The first kappa shape index (κ1) is 24.0. The van der Waals surface area contributed by atoms with E-state index in [4.69, 9.17) is 17.0 Å². The number of ether oxygens (including phenoxy) is 1. The number of carbonyl (C=O) groups excluding carboxylic acids is 4. The van der Waals surface area contributed by atoms with Crippen LogP contribution in [0.3, 0.4) is 0 Å². The molecule has 8 nitrogen and oxygen atoms in total. The molecule has 0 bridgehead atoms. The molecular weight excluding hydrogens is 497 g/mol. The molecule has 5 rings (SSSR count). The van der Waals surface area contributed by atoms with Crippen LogP contribution in [-0.4, -0.2) is 40.8 Å². The Kier molecular flexibility index (Phi) is 6.10. The average Bonchev–Trinajstić information content (AvgIpc) is 3.11. The number of rotatable bonds is 5. The Morgan fingerprint density at radius 3 is 2.27 bits per heavy atom. The number of halogens is 1. The molecule has 0 atom stereocenters. The van der Waals surface area contributed by atoms with Gasteiger partial charge in [0, 0.05) is 5.56 Å². The number of hydrogen-bond acceptors (Lipinski definition) is 6. The van der Waals surface area contributed by atoms with Crippen LogP contribution in [0.5, 0.6) is 5.75 Å². The van der Waals surface area contributed by atoms with Crippen LogP contribution in [0.25, 0.3) is 6.08 Å². The molecule has 1 saturated heterocycles. The Morgan fingerprint density at radius 1 is 0.919 bits per heavy atom. The molecule has 3 aromatic rings. The minimum absolute atomic E-state index is 0.0772. The first-order valence-corrected chi connectivity index (χ1v) is 11.5. The molecular formula is C27H18FN3O5S. The van der Waals surface area contributed by atoms with E-state index in [1.807, 2.05) is 0 Å². The van der Waals surface area contributed by atoms with Crippen LogP contribution in [0.15, 0.2) is 72.3 Å². The summed E-state index contributed by atoms with van der Waals surface area (Å²) in [4.78, 5) is 53.7. The number of imide groups is 1. The Bertz CT molecular complexity index is 1520. The number of methoxy groups -OCH3 is 1. The van der Waals surface area contributed by atoms with Crippen molar-refractivity contribution < 1.29 is 28.3 Å². The van der Waals surface area contributed by atoms with Gasteiger partial charge in [0.15, 0.2) is 5.11 Å². The minimum Gasteiger partial charge on any atom is -0.496 e. The number of anilines is 1. The number of fused-ring (bicyclic) bond motifs is 1. The van der Waals surface area contributed by atoms with Gasteiger partial charge in [-0.15, -0.1) is 0 Å². The van der Waals surface area contributed by atoms with Crippen molar-refractivity contribution in [3.05, 3.63) is 100 Å². The Balaban J connectivity index is 1.48. The van der Waals surface area contributed by atoms with Crippen LogP contribution in [0, 0.1) is 5.82 Å². The number of nitrogens with one attached hydrogen (secondary N) is 1. The van der Waals surface area contributed by atoms with Crippen molar-refractivity contribution in [1.82, 2.24) is 10.2 Å². The van der Waals surface area contributed by atoms with Gasteiger partial charge in [-0.05, 0) is 66.3 Å². The van der Waals surface area contributed by atoms with Crippen molar-refractivity contribution in [2.24, 2.45) is 0 Å². The van der Waals surface area contributed by atoms with Crippen molar-refractivity contribution in [3.8, 4) is 5.75 Å². The lowest BCUT2D eigenvalue weighted by molar-refractivity contribution is -0.122. The van der Waals surface area contributed by atoms with E-state index in [1.54, 1.807) is 42.5 Å². The van der Waals surface area contributed by atoms with Crippen molar-refractivity contribution in [2.75, 3.05) is 12.0 Å². The lowest BCUT2D eigenvalue weighted by Crippen LogP contribution is -2.54. The largest absolute Gasteiger partial charge is 0.496 e. The second-order valence-electron chi connectivity index (χ2n) is 8.25. The minimum atomic E-state index is -0.725. The molecule has 0 radical (unpaired) electrons. The maximum atomic E-state index is 13.8. The standard InChI is InChI=1S/C27H18FN3O5S/c1-36-22-10-9-15(11-16(22)14-30-24(33)19-7-2-3-8-20(19)25(30)34)12-21-23(32)29-27(37)31(26(21)35)18-6-4-5-17(28)13-18/h2-13H,14H2,1H3,(H,29,32,37)/b21-12+. The predicted octanol–water partition coefficient (Wildman–Crippen LogP) is 3.46. The first-order chi connectivity index (χ1) is 17.8. The molecule has 2 aliphatic rings. The summed E-state index contributed by atoms with van der Waals surface area (Å²) in [6.45, 7) is -0.0772. The van der Waals surface area contributed by atoms with Gasteiger partial charge < -0.3 is 4.74 Å². The molecule has 2 aliphatic heterocycles. The van der Waals surface area contributed by atoms with Gasteiger partial charge in [0.05, 0.1) is 30.5 Å². The molecule has 3 aromatic carbocycles. The van der Waals surface area contributed by atoms with Gasteiger partial charge in [0.25, 0.3) is 23.6 Å². The fraction of sp³-hybridized carbons (Fsp3) is 0.0741. The molecule has 1 fully saturated rings. The molecule has 0 aromatic heterocycles. The molecule has 0 spiro atoms. The first-order valence-electron chi connectivity index (χ1n) is 11.1. The Labute approximate surface area is 215 Å². The zero-order valence-electron chi connectivity index (χ0n) is 19.4. The second-order valence-corrected chi connectivity index (χ2v) is 8.64. The van der Waals surface area contributed by atoms with E-state index >= 15 is 0 Å². The summed E-state index contributed by atoms with van der Waals surface area (Å²) >= 11 is 5.15. The smallest absolute Gasteiger partial charge is 0.270 e. The van der Waals surface area contributed by atoms with E-state index in [1.165, 1.54) is 31.4 Å². The normalized spacial score (nSPS) is 16.4. The van der Waals surface area contributed by atoms with Gasteiger partial charge in [0.1, 0.15) is 17.1 Å². The average molecular weight is 516 g/mol. The van der Waals surface area contributed by atoms with E-state index in [2.05, 4.69) is 5.32 Å². The zero-order chi connectivity index (χ0) is 26.3. The van der Waals surface area contributed by atoms with Gasteiger partial charge in [-0.25, -0.2) is 4.39 Å². The third-order valence-corrected chi connectivity index (χ3v) is 6.27. The van der Waals surface area contributed by atoms with Crippen LogP contribution in [-0.2, 0) is 16.1 Å². The number of hydrogen-bond donors (Lipinski definition) is 1. The molecule has 0 saturated carbocycles. The highest BCUT2D eigenvalue weighted by molar-refractivity contribution is 7.80. The van der Waals surface area contributed by atoms with Gasteiger partial charge in [-0.2, -0.15) is 0 Å². The summed E-state index contributed by atoms with van der Waals surface area (Å²) in [7, 11) is 1.45. The molecule has 4 amide bonds. The van der Waals surface area contributed by atoms with Gasteiger partial charge in [-0.3, -0.25) is 34.3 Å². The quantitative estimate of drug-likeness (QED) is 0.242. The fourth-order valence-corrected chi connectivity index (χ4v) is 4.52. The summed E-state index contributed by atoms with van der Waals surface area (Å²) in [5.41, 5.74) is 1.52. The number of carbonyl (C=O) groups is 4. The number of thiocarbonyl (C=S) groups is 1. The fourth-order valence-electron chi connectivity index (χ4n) is 4.24. The predicted molar refractivity (Wildman–Crippen MR) is 136 cm³/mol. The summed E-state index contributed by atoms with van der Waals surface area (Å²) in [6.07, 6.45) is 1.36. The van der Waals surface area contributed by atoms with E-state index in [9.17, 15) is 23.6 Å². The molecule has 37 heavy (non-hydrogen) atoms. The van der Waals surface area contributed by atoms with E-state index in [-0.39, 0.29) is 22.9 Å². The summed E-state index contributed by atoms with van der Waals surface area (Å²) < 4.78 is 19.2. The van der Waals surface area contributed by atoms with E-state index in [0.717, 1.165) is 15.9 Å². The van der Waals surface area contributed by atoms with Crippen molar-refractivity contribution in [3.63, 3.8) is 0 Å². The third kappa shape index (κ3) is 4.27. The Morgan fingerprint density at radius 2 is 1.62 bits per heavy atom. The van der Waals surface area contributed by atoms with Gasteiger partial charge >= 0.3 is 0 Å². The van der Waals surface area contributed by atoms with Crippen molar-refractivity contribution >= 4 is 52.7 Å². The number of benzene rings is 3. The second kappa shape index (κ2) is 9.40. The van der Waals surface area contributed by atoms with Crippen LogP contribution >= 0.6 is 12.2 Å². The third-order valence-electron chi connectivity index (χ3n) is 5.99. The topological polar surface area (TPSA) is 96.0 Å². The maximum absolute atomic E-state index is 13.8. The molecule has 2 heterocycles. The van der Waals surface area contributed by atoms with Crippen LogP contribution < -0.4 is 15.0 Å². The van der Waals surface area contributed by atoms with Crippen molar-refractivity contribution in [2.45, 2.75) is 6.54 Å². The molecule has 184 valence electrons. The van der Waals surface area contributed by atoms with Crippen LogP contribution in [0.2, 0.25) is 0 Å². The number of nitrogens with zero attached hydrogens (tertiary/aromatic N) is 2. The van der Waals surface area contributed by atoms with Crippen LogP contribution in [0.4, 0.5) is 10.1 Å². The highest BCUT2D eigenvalue weighted by Gasteiger charge is 2.36. The number of amides is 4. The molecule has 1 N–H and O–H groups in total. The Hall–Kier alpha value is -4.70. The van der Waals surface area contributed by atoms with E-state index in [0.29, 0.717) is 28.0 Å². The monoisotopic (exact) mass is 515 g/mol. The molecule has 10 heteroatoms. The lowest BCUT2D eigenvalue weighted by Gasteiger charge is -2.29. The highest BCUT2D eigenvalue weighted by atomic mass is 32.1. The molecule has 0 unspecified atom stereocenters. The van der Waals surface area contributed by atoms with Gasteiger partial charge in [0.2, 0.25) is 0 Å². The summed E-state index contributed by atoms with van der Waals surface area (Å²) in [5, 5.41) is 2.28.